The number of esters is 1. The molecule has 2 nitrogen and oxygen atoms in total. The largest absolute Gasteiger partial charge is 0.435 e. The fraction of sp³-hybridized carbons (Fsp3) is 0.583. The average Bonchev–Trinajstić information content (AvgIpc) is 2.52. The van der Waals surface area contributed by atoms with Gasteiger partial charge in [0.15, 0.2) is 0 Å². The van der Waals surface area contributed by atoms with Gasteiger partial charge in [-0.25, -0.2) is 0 Å². The summed E-state index contributed by atoms with van der Waals surface area (Å²) >= 11 is 0. The van der Waals surface area contributed by atoms with Crippen molar-refractivity contribution in [3.63, 3.8) is 0 Å². The molecule has 0 N–H and O–H groups in total. The minimum atomic E-state index is -0.160. The van der Waals surface area contributed by atoms with E-state index in [1.165, 1.54) is 11.8 Å². The van der Waals surface area contributed by atoms with Gasteiger partial charge in [-0.15, -0.1) is 0 Å². The van der Waals surface area contributed by atoms with Crippen molar-refractivity contribution >= 4 is 5.97 Å². The van der Waals surface area contributed by atoms with E-state index < -0.39 is 0 Å². The van der Waals surface area contributed by atoms with Crippen molar-refractivity contribution in [3.8, 4) is 0 Å². The quantitative estimate of drug-likeness (QED) is 0.392. The molecular formula is C12H18O2. The summed E-state index contributed by atoms with van der Waals surface area (Å²) in [7, 11) is 0. The van der Waals surface area contributed by atoms with E-state index in [2.05, 4.69) is 26.5 Å². The van der Waals surface area contributed by atoms with E-state index in [0.717, 1.165) is 0 Å². The van der Waals surface area contributed by atoms with E-state index in [0.29, 0.717) is 5.92 Å². The Morgan fingerprint density at radius 3 is 2.43 bits per heavy atom. The summed E-state index contributed by atoms with van der Waals surface area (Å²) < 4.78 is 4.81. The van der Waals surface area contributed by atoms with Gasteiger partial charge in [-0.05, 0) is 25.2 Å². The van der Waals surface area contributed by atoms with Crippen molar-refractivity contribution in [2.24, 2.45) is 17.3 Å². The molecule has 14 heavy (non-hydrogen) atoms. The zero-order valence-corrected chi connectivity index (χ0v) is 9.33. The Morgan fingerprint density at radius 2 is 2.00 bits per heavy atom. The van der Waals surface area contributed by atoms with Crippen LogP contribution in [0.15, 0.2) is 24.5 Å². The highest BCUT2D eigenvalue weighted by Gasteiger charge is 2.61. The number of hydrogen-bond acceptors (Lipinski definition) is 2. The van der Waals surface area contributed by atoms with Gasteiger partial charge < -0.3 is 4.74 Å². The first-order valence-electron chi connectivity index (χ1n) is 4.87. The van der Waals surface area contributed by atoms with Gasteiger partial charge in [-0.1, -0.05) is 32.1 Å². The topological polar surface area (TPSA) is 26.3 Å². The molecule has 1 saturated carbocycles. The van der Waals surface area contributed by atoms with Crippen LogP contribution in [-0.2, 0) is 9.53 Å². The van der Waals surface area contributed by atoms with E-state index in [1.807, 2.05) is 13.8 Å². The lowest BCUT2D eigenvalue weighted by atomic mass is 10.1. The molecule has 2 unspecified atom stereocenters. The van der Waals surface area contributed by atoms with Crippen molar-refractivity contribution < 1.29 is 9.53 Å². The summed E-state index contributed by atoms with van der Waals surface area (Å²) in [4.78, 5) is 11.5. The summed E-state index contributed by atoms with van der Waals surface area (Å²) in [6, 6.07) is 0. The van der Waals surface area contributed by atoms with Crippen LogP contribution in [-0.4, -0.2) is 5.97 Å². The molecule has 1 fully saturated rings. The van der Waals surface area contributed by atoms with Crippen LogP contribution in [0, 0.1) is 17.3 Å². The first-order chi connectivity index (χ1) is 6.41. The molecule has 1 aliphatic carbocycles. The Balaban J connectivity index is 2.70. The molecular weight excluding hydrogens is 176 g/mol. The van der Waals surface area contributed by atoms with Crippen molar-refractivity contribution in [1.82, 2.24) is 0 Å². The lowest BCUT2D eigenvalue weighted by molar-refractivity contribution is -0.140. The first kappa shape index (κ1) is 11.0. The molecule has 78 valence electrons. The average molecular weight is 194 g/mol. The minimum Gasteiger partial charge on any atom is -0.435 e. The highest BCUT2D eigenvalue weighted by atomic mass is 16.5. The molecule has 0 heterocycles. The summed E-state index contributed by atoms with van der Waals surface area (Å²) in [6.07, 6.45) is 3.35. The van der Waals surface area contributed by atoms with Crippen molar-refractivity contribution in [2.75, 3.05) is 0 Å². The number of carbonyl (C=O) groups is 1. The molecule has 0 amide bonds. The van der Waals surface area contributed by atoms with Crippen LogP contribution in [0.2, 0.25) is 0 Å². The highest BCUT2D eigenvalue weighted by Crippen LogP contribution is 2.59. The molecule has 0 aromatic heterocycles. The number of rotatable bonds is 3. The van der Waals surface area contributed by atoms with Gasteiger partial charge in [0.1, 0.15) is 0 Å². The van der Waals surface area contributed by atoms with E-state index in [-0.39, 0.29) is 17.3 Å². The predicted octanol–water partition coefficient (Wildman–Crippen LogP) is 2.91. The maximum Gasteiger partial charge on any atom is 0.314 e. The molecule has 0 saturated heterocycles. The Kier molecular flexibility index (Phi) is 2.84. The molecule has 0 aromatic rings. The van der Waals surface area contributed by atoms with Crippen LogP contribution >= 0.6 is 0 Å². The van der Waals surface area contributed by atoms with E-state index in [9.17, 15) is 4.79 Å². The van der Waals surface area contributed by atoms with Gasteiger partial charge in [-0.2, -0.15) is 0 Å². The van der Waals surface area contributed by atoms with Crippen LogP contribution in [0.5, 0.6) is 0 Å². The molecule has 1 aliphatic rings. The van der Waals surface area contributed by atoms with Gasteiger partial charge in [0.2, 0.25) is 0 Å². The van der Waals surface area contributed by atoms with Crippen LogP contribution in [0.3, 0.4) is 0 Å². The van der Waals surface area contributed by atoms with Crippen LogP contribution in [0.4, 0.5) is 0 Å². The standard InChI is InChI=1S/C12H18O2/c1-6-14-11(13)10-9(7-8(2)3)12(10,4)5/h6-7,9-10H,1H2,2-5H3. The third kappa shape index (κ3) is 1.89. The smallest absolute Gasteiger partial charge is 0.314 e. The SMILES string of the molecule is C=COC(=O)C1C(C=C(C)C)C1(C)C. The lowest BCUT2D eigenvalue weighted by Crippen LogP contribution is -2.06. The number of ether oxygens (including phenoxy) is 1. The number of allylic oxidation sites excluding steroid dienone is 2. The Morgan fingerprint density at radius 1 is 1.43 bits per heavy atom. The third-order valence-electron chi connectivity index (χ3n) is 2.88. The summed E-state index contributed by atoms with van der Waals surface area (Å²) in [5, 5.41) is 0. The molecule has 2 atom stereocenters. The normalized spacial score (nSPS) is 27.7. The van der Waals surface area contributed by atoms with Crippen LogP contribution < -0.4 is 0 Å². The molecule has 0 aromatic carbocycles. The summed E-state index contributed by atoms with van der Waals surface area (Å²) in [5.74, 6) is 0.155. The highest BCUT2D eigenvalue weighted by molar-refractivity contribution is 5.78. The van der Waals surface area contributed by atoms with E-state index in [4.69, 9.17) is 4.74 Å². The number of carbonyl (C=O) groups excluding carboxylic acids is 1. The Hall–Kier alpha value is -1.05. The Bertz CT molecular complexity index is 283. The monoisotopic (exact) mass is 194 g/mol. The molecule has 0 spiro atoms. The predicted molar refractivity (Wildman–Crippen MR) is 56.5 cm³/mol. The zero-order chi connectivity index (χ0) is 10.9. The molecule has 0 bridgehead atoms. The van der Waals surface area contributed by atoms with Crippen LogP contribution in [0.25, 0.3) is 0 Å². The molecule has 0 radical (unpaired) electrons. The second-order valence-corrected chi connectivity index (χ2v) is 4.67. The van der Waals surface area contributed by atoms with E-state index >= 15 is 0 Å². The first-order valence-corrected chi connectivity index (χ1v) is 4.87. The van der Waals surface area contributed by atoms with Gasteiger partial charge >= 0.3 is 5.97 Å². The maximum atomic E-state index is 11.5. The Labute approximate surface area is 85.6 Å². The van der Waals surface area contributed by atoms with Crippen molar-refractivity contribution in [1.29, 1.82) is 0 Å². The summed E-state index contributed by atoms with van der Waals surface area (Å²) in [5.41, 5.74) is 1.29. The fourth-order valence-corrected chi connectivity index (χ4v) is 1.95. The minimum absolute atomic E-state index is 0.00426. The fourth-order valence-electron chi connectivity index (χ4n) is 1.95. The molecule has 2 heteroatoms. The van der Waals surface area contributed by atoms with Gasteiger partial charge in [-0.3, -0.25) is 4.79 Å². The lowest BCUT2D eigenvalue weighted by Gasteiger charge is -1.99. The van der Waals surface area contributed by atoms with E-state index in [1.54, 1.807) is 0 Å². The van der Waals surface area contributed by atoms with Gasteiger partial charge in [0.25, 0.3) is 0 Å². The van der Waals surface area contributed by atoms with Crippen molar-refractivity contribution in [2.45, 2.75) is 27.7 Å². The molecule has 1 rings (SSSR count). The van der Waals surface area contributed by atoms with Gasteiger partial charge in [0.05, 0.1) is 12.2 Å². The number of hydrogen-bond donors (Lipinski definition) is 0. The third-order valence-corrected chi connectivity index (χ3v) is 2.88. The zero-order valence-electron chi connectivity index (χ0n) is 9.33. The van der Waals surface area contributed by atoms with Crippen molar-refractivity contribution in [3.05, 3.63) is 24.5 Å². The summed E-state index contributed by atoms with van der Waals surface area (Å²) in [6.45, 7) is 11.7. The van der Waals surface area contributed by atoms with Crippen LogP contribution in [0.1, 0.15) is 27.7 Å². The maximum absolute atomic E-state index is 11.5. The molecule has 0 aliphatic heterocycles. The second kappa shape index (κ2) is 3.60. The second-order valence-electron chi connectivity index (χ2n) is 4.67. The van der Waals surface area contributed by atoms with Gasteiger partial charge in [0, 0.05) is 0 Å².